The van der Waals surface area contributed by atoms with Gasteiger partial charge < -0.3 is 24.8 Å². The first-order valence-electron chi connectivity index (χ1n) is 13.0. The summed E-state index contributed by atoms with van der Waals surface area (Å²) < 4.78 is 0. The van der Waals surface area contributed by atoms with Crippen LogP contribution in [-0.2, 0) is 23.3 Å². The van der Waals surface area contributed by atoms with Gasteiger partial charge >= 0.3 is 41.9 Å². The molecule has 198 valence electrons. The summed E-state index contributed by atoms with van der Waals surface area (Å²) in [5.41, 5.74) is 5.45. The van der Waals surface area contributed by atoms with Crippen LogP contribution in [0.3, 0.4) is 0 Å². The third kappa shape index (κ3) is 7.50. The van der Waals surface area contributed by atoms with Crippen LogP contribution in [0.5, 0.6) is 0 Å². The first-order chi connectivity index (χ1) is 18.6. The van der Waals surface area contributed by atoms with E-state index in [2.05, 4.69) is 159 Å². The van der Waals surface area contributed by atoms with E-state index in [1.807, 2.05) is 0 Å². The molecule has 0 spiro atoms. The van der Waals surface area contributed by atoms with Crippen molar-refractivity contribution < 1.29 is 48.1 Å². The van der Waals surface area contributed by atoms with Crippen LogP contribution in [0, 0.1) is 0 Å². The first-order valence-corrected chi connectivity index (χ1v) is 19.1. The van der Waals surface area contributed by atoms with Crippen molar-refractivity contribution in [2.24, 2.45) is 0 Å². The minimum absolute atomic E-state index is 0. The molecule has 0 heterocycles. The van der Waals surface area contributed by atoms with Gasteiger partial charge in [0, 0.05) is 0 Å². The maximum atomic E-state index is 2.31. The van der Waals surface area contributed by atoms with Gasteiger partial charge in [-0.25, -0.2) is 0 Å². The van der Waals surface area contributed by atoms with E-state index in [1.54, 1.807) is 23.3 Å². The number of hydrogen-bond donors (Lipinski definition) is 0. The predicted octanol–water partition coefficient (Wildman–Crippen LogP) is 4.40. The Hall–Kier alpha value is -2.74. The third-order valence-electron chi connectivity index (χ3n) is 6.52. The van der Waals surface area contributed by atoms with E-state index in [1.165, 1.54) is 54.6 Å². The van der Waals surface area contributed by atoms with E-state index in [-0.39, 0.29) is 30.2 Å². The van der Waals surface area contributed by atoms with E-state index < -0.39 is 0 Å². The Balaban J connectivity index is 0.000000190. The zero-order chi connectivity index (χ0) is 26.3. The van der Waals surface area contributed by atoms with Crippen molar-refractivity contribution in [3.8, 4) is 22.3 Å². The monoisotopic (exact) mass is 650 g/mol. The van der Waals surface area contributed by atoms with Crippen molar-refractivity contribution in [3.05, 3.63) is 146 Å². The fraction of sp³-hybridized carbons (Fsp3) is 0.0556. The molecule has 0 amide bonds. The van der Waals surface area contributed by atoms with Gasteiger partial charge in [0.25, 0.3) is 0 Å². The second kappa shape index (κ2) is 15.3. The van der Waals surface area contributed by atoms with Crippen LogP contribution >= 0.6 is 0 Å². The van der Waals surface area contributed by atoms with Gasteiger partial charge in [0.15, 0.2) is 0 Å². The average Bonchev–Trinajstić information content (AvgIpc) is 3.63. The Labute approximate surface area is 265 Å². The van der Waals surface area contributed by atoms with Crippen molar-refractivity contribution in [3.63, 3.8) is 0 Å². The van der Waals surface area contributed by atoms with Crippen molar-refractivity contribution in [1.82, 2.24) is 0 Å². The summed E-state index contributed by atoms with van der Waals surface area (Å²) in [4.78, 5) is 0. The van der Waals surface area contributed by atoms with Crippen LogP contribution in [0.25, 0.3) is 54.6 Å². The minimum atomic E-state index is 0. The zero-order valence-electron chi connectivity index (χ0n) is 22.6. The fourth-order valence-corrected chi connectivity index (χ4v) is 4.89. The zero-order valence-corrected chi connectivity index (χ0v) is 27.6. The molecule has 0 aliphatic carbocycles. The normalized spacial score (nSPS) is 10.0. The van der Waals surface area contributed by atoms with Crippen LogP contribution < -0.4 is 24.8 Å². The van der Waals surface area contributed by atoms with Gasteiger partial charge in [-0.2, -0.15) is 24.3 Å². The molecule has 0 saturated carbocycles. The fourth-order valence-electron chi connectivity index (χ4n) is 4.89. The average molecular weight is 653 g/mol. The van der Waals surface area contributed by atoms with Gasteiger partial charge in [-0.3, -0.25) is 0 Å². The predicted molar refractivity (Wildman–Crippen MR) is 165 cm³/mol. The molecule has 7 rings (SSSR count). The van der Waals surface area contributed by atoms with E-state index in [0.29, 0.717) is 0 Å². The minimum Gasteiger partial charge on any atom is -1.00 e. The number of fused-ring (bicyclic) bond motifs is 3. The Bertz CT molecular complexity index is 1810. The van der Waals surface area contributed by atoms with Crippen molar-refractivity contribution >= 4 is 37.8 Å². The van der Waals surface area contributed by atoms with Crippen LogP contribution in [-0.4, -0.2) is 5.43 Å². The Kier molecular flexibility index (Phi) is 12.2. The molecule has 7 aromatic carbocycles. The third-order valence-corrected chi connectivity index (χ3v) is 6.52. The standard InChI is InChI=1S/C19H13.C15H11.C2H6Si.2ClH.Zr/c1-2-10-16-14(6-1)8-4-12-18(16)19-13-5-9-15-7-3-11-17(15)19;1-2-6-12(7-3-1)14-10-4-8-13-9-5-11-15(13)14;1-3-2;;;/h1-13H;1-11H;1-2H3;2*1H;/q2*-1;;;;+2/p-2. The van der Waals surface area contributed by atoms with Gasteiger partial charge in [0.2, 0.25) is 0 Å². The Morgan fingerprint density at radius 2 is 0.925 bits per heavy atom. The molecule has 0 aliphatic heterocycles. The molecule has 40 heavy (non-hydrogen) atoms. The number of halogens is 2. The molecule has 0 radical (unpaired) electrons. The van der Waals surface area contributed by atoms with Gasteiger partial charge in [-0.1, -0.05) is 96.1 Å². The second-order valence-electron chi connectivity index (χ2n) is 9.56. The molecule has 0 nitrogen and oxygen atoms in total. The summed E-state index contributed by atoms with van der Waals surface area (Å²) in [7, 11) is 0. The maximum Gasteiger partial charge on any atom is -0.0114 e. The SMILES string of the molecule is C[Si](C)=[Zr+2].[Cl-].[Cl-].c1ccc(-c2cccc3[cH-]ccc23)cc1.c1ccc2c(-c3cccc4[cH-]ccc34)cccc2c1. The molecule has 0 saturated heterocycles. The molecule has 0 fully saturated rings. The molecule has 7 aromatic rings. The topological polar surface area (TPSA) is 0 Å². The summed E-state index contributed by atoms with van der Waals surface area (Å²) in [5.74, 6) is 0. The van der Waals surface area contributed by atoms with E-state index in [9.17, 15) is 0 Å². The van der Waals surface area contributed by atoms with Crippen LogP contribution in [0.2, 0.25) is 13.1 Å². The summed E-state index contributed by atoms with van der Waals surface area (Å²) in [5, 5.41) is 7.91. The molecule has 0 N–H and O–H groups in total. The van der Waals surface area contributed by atoms with E-state index in [0.717, 1.165) is 0 Å². The molecule has 0 unspecified atom stereocenters. The molecule has 0 bridgehead atoms. The van der Waals surface area contributed by atoms with Gasteiger partial charge in [0.05, 0.1) is 0 Å². The number of rotatable bonds is 2. The summed E-state index contributed by atoms with van der Waals surface area (Å²) >= 11 is 1.74. The summed E-state index contributed by atoms with van der Waals surface area (Å²) in [6.45, 7) is 4.62. The van der Waals surface area contributed by atoms with Crippen LogP contribution in [0.1, 0.15) is 0 Å². The molecule has 0 aliphatic rings. The van der Waals surface area contributed by atoms with Crippen molar-refractivity contribution in [2.45, 2.75) is 13.1 Å². The first kappa shape index (κ1) is 31.8. The summed E-state index contributed by atoms with van der Waals surface area (Å²) in [6, 6.07) is 51.5. The maximum absolute atomic E-state index is 2.31. The number of hydrogen-bond acceptors (Lipinski definition) is 0. The van der Waals surface area contributed by atoms with Crippen LogP contribution in [0.4, 0.5) is 0 Å². The molecular weight excluding hydrogens is 623 g/mol. The van der Waals surface area contributed by atoms with Crippen LogP contribution in [0.15, 0.2) is 146 Å². The number of benzene rings is 5. The van der Waals surface area contributed by atoms with Gasteiger partial charge in [-0.05, 0) is 21.9 Å². The van der Waals surface area contributed by atoms with Gasteiger partial charge in [-0.15, -0.1) is 57.9 Å². The quantitative estimate of drug-likeness (QED) is 0.192. The Morgan fingerprint density at radius 1 is 0.475 bits per heavy atom. The smallest absolute Gasteiger partial charge is 0.0114 e. The molecular formula is C36H30Cl2SiZr-2. The van der Waals surface area contributed by atoms with E-state index >= 15 is 0 Å². The van der Waals surface area contributed by atoms with Crippen molar-refractivity contribution in [1.29, 1.82) is 0 Å². The Morgan fingerprint density at radius 3 is 1.55 bits per heavy atom. The summed E-state index contributed by atoms with van der Waals surface area (Å²) in [6.07, 6.45) is 0. The van der Waals surface area contributed by atoms with Crippen molar-refractivity contribution in [2.75, 3.05) is 0 Å². The second-order valence-corrected chi connectivity index (χ2v) is 18.9. The van der Waals surface area contributed by atoms with E-state index in [4.69, 9.17) is 0 Å². The molecule has 4 heteroatoms. The molecule has 0 atom stereocenters. The van der Waals surface area contributed by atoms with Gasteiger partial charge in [0.1, 0.15) is 0 Å². The molecule has 0 aromatic heterocycles. The largest absolute Gasteiger partial charge is 1.00 e.